The standard InChI is InChI=1S/C15H20N2O3/c1-2-8-19-14-10-16-9-13(14)17-15(18)20-11-12-6-4-3-5-7-12/h2-7,13-14,16H,1,8-11H2,(H,17,18)/t13-,14-/m1/s1. The van der Waals surface area contributed by atoms with E-state index in [1.54, 1.807) is 6.08 Å². The maximum Gasteiger partial charge on any atom is 0.407 e. The van der Waals surface area contributed by atoms with Gasteiger partial charge in [-0.2, -0.15) is 0 Å². The van der Waals surface area contributed by atoms with Crippen LogP contribution in [0.4, 0.5) is 4.79 Å². The predicted octanol–water partition coefficient (Wildman–Crippen LogP) is 1.46. The summed E-state index contributed by atoms with van der Waals surface area (Å²) in [6.07, 6.45) is 1.23. The largest absolute Gasteiger partial charge is 0.445 e. The van der Waals surface area contributed by atoms with Crippen LogP contribution in [-0.4, -0.2) is 37.9 Å². The Morgan fingerprint density at radius 2 is 2.20 bits per heavy atom. The third kappa shape index (κ3) is 4.36. The second kappa shape index (κ2) is 7.67. The minimum absolute atomic E-state index is 0.0442. The molecule has 0 saturated carbocycles. The van der Waals surface area contributed by atoms with E-state index in [9.17, 15) is 4.79 Å². The zero-order chi connectivity index (χ0) is 14.2. The van der Waals surface area contributed by atoms with Gasteiger partial charge in [0.05, 0.1) is 18.8 Å². The van der Waals surface area contributed by atoms with Gasteiger partial charge in [0, 0.05) is 13.1 Å². The van der Waals surface area contributed by atoms with E-state index in [1.165, 1.54) is 0 Å². The van der Waals surface area contributed by atoms with Gasteiger partial charge >= 0.3 is 6.09 Å². The number of alkyl carbamates (subject to hydrolysis) is 1. The molecule has 1 heterocycles. The lowest BCUT2D eigenvalue weighted by atomic mass is 10.2. The molecule has 1 aliphatic rings. The fraction of sp³-hybridized carbons (Fsp3) is 0.400. The van der Waals surface area contributed by atoms with Crippen LogP contribution in [0.25, 0.3) is 0 Å². The number of hydrogen-bond acceptors (Lipinski definition) is 4. The van der Waals surface area contributed by atoms with Crippen molar-refractivity contribution in [1.82, 2.24) is 10.6 Å². The number of carbonyl (C=O) groups is 1. The van der Waals surface area contributed by atoms with Crippen LogP contribution in [0.15, 0.2) is 43.0 Å². The van der Waals surface area contributed by atoms with Crippen molar-refractivity contribution in [3.05, 3.63) is 48.6 Å². The molecule has 0 bridgehead atoms. The highest BCUT2D eigenvalue weighted by Gasteiger charge is 2.29. The van der Waals surface area contributed by atoms with Gasteiger partial charge in [0.15, 0.2) is 0 Å². The van der Waals surface area contributed by atoms with Crippen LogP contribution in [0.2, 0.25) is 0 Å². The molecule has 2 rings (SSSR count). The Kier molecular flexibility index (Phi) is 5.58. The summed E-state index contributed by atoms with van der Waals surface area (Å²) in [5.74, 6) is 0. The van der Waals surface area contributed by atoms with Crippen LogP contribution in [-0.2, 0) is 16.1 Å². The lowest BCUT2D eigenvalue weighted by molar-refractivity contribution is 0.0645. The minimum atomic E-state index is -0.422. The first kappa shape index (κ1) is 14.6. The summed E-state index contributed by atoms with van der Waals surface area (Å²) in [5, 5.41) is 6.01. The van der Waals surface area contributed by atoms with Gasteiger partial charge in [-0.15, -0.1) is 6.58 Å². The molecule has 0 radical (unpaired) electrons. The third-order valence-electron chi connectivity index (χ3n) is 3.10. The normalized spacial score (nSPS) is 21.4. The van der Waals surface area contributed by atoms with Crippen molar-refractivity contribution in [3.63, 3.8) is 0 Å². The van der Waals surface area contributed by atoms with Gasteiger partial charge in [-0.05, 0) is 5.56 Å². The molecule has 5 heteroatoms. The first-order valence-electron chi connectivity index (χ1n) is 6.70. The first-order chi connectivity index (χ1) is 9.79. The summed E-state index contributed by atoms with van der Waals surface area (Å²) >= 11 is 0. The highest BCUT2D eigenvalue weighted by Crippen LogP contribution is 2.06. The number of rotatable bonds is 6. The molecule has 108 valence electrons. The van der Waals surface area contributed by atoms with Gasteiger partial charge in [0.1, 0.15) is 6.61 Å². The van der Waals surface area contributed by atoms with E-state index < -0.39 is 6.09 Å². The molecule has 2 atom stereocenters. The Balaban J connectivity index is 1.74. The number of benzene rings is 1. The van der Waals surface area contributed by atoms with Crippen molar-refractivity contribution >= 4 is 6.09 Å². The van der Waals surface area contributed by atoms with E-state index in [0.29, 0.717) is 13.2 Å². The number of carbonyl (C=O) groups excluding carboxylic acids is 1. The van der Waals surface area contributed by atoms with Crippen molar-refractivity contribution in [3.8, 4) is 0 Å². The highest BCUT2D eigenvalue weighted by molar-refractivity contribution is 5.67. The monoisotopic (exact) mass is 276 g/mol. The molecule has 1 aromatic rings. The third-order valence-corrected chi connectivity index (χ3v) is 3.10. The summed E-state index contributed by atoms with van der Waals surface area (Å²) in [6.45, 7) is 5.76. The summed E-state index contributed by atoms with van der Waals surface area (Å²) in [4.78, 5) is 11.8. The molecule has 0 aliphatic carbocycles. The maximum atomic E-state index is 11.8. The van der Waals surface area contributed by atoms with Gasteiger partial charge in [-0.3, -0.25) is 0 Å². The molecule has 0 spiro atoms. The second-order valence-corrected chi connectivity index (χ2v) is 4.63. The molecule has 1 amide bonds. The Hall–Kier alpha value is -1.85. The molecular weight excluding hydrogens is 256 g/mol. The summed E-state index contributed by atoms with van der Waals surface area (Å²) < 4.78 is 10.8. The molecule has 1 fully saturated rings. The lowest BCUT2D eigenvalue weighted by Crippen LogP contribution is -2.44. The first-order valence-corrected chi connectivity index (χ1v) is 6.70. The van der Waals surface area contributed by atoms with E-state index in [2.05, 4.69) is 17.2 Å². The topological polar surface area (TPSA) is 59.6 Å². The van der Waals surface area contributed by atoms with Crippen LogP contribution >= 0.6 is 0 Å². The van der Waals surface area contributed by atoms with E-state index >= 15 is 0 Å². The average Bonchev–Trinajstić information content (AvgIpc) is 2.91. The zero-order valence-corrected chi connectivity index (χ0v) is 11.4. The van der Waals surface area contributed by atoms with Crippen LogP contribution < -0.4 is 10.6 Å². The maximum absolute atomic E-state index is 11.8. The van der Waals surface area contributed by atoms with Crippen molar-refractivity contribution in [2.45, 2.75) is 18.8 Å². The molecular formula is C15H20N2O3. The minimum Gasteiger partial charge on any atom is -0.445 e. The number of amides is 1. The fourth-order valence-corrected chi connectivity index (χ4v) is 2.08. The molecule has 0 unspecified atom stereocenters. The van der Waals surface area contributed by atoms with E-state index in [1.807, 2.05) is 30.3 Å². The van der Waals surface area contributed by atoms with Crippen molar-refractivity contribution in [1.29, 1.82) is 0 Å². The lowest BCUT2D eigenvalue weighted by Gasteiger charge is -2.19. The van der Waals surface area contributed by atoms with E-state index in [-0.39, 0.29) is 18.8 Å². The molecule has 1 aliphatic heterocycles. The molecule has 1 aromatic carbocycles. The van der Waals surface area contributed by atoms with Crippen LogP contribution in [0.5, 0.6) is 0 Å². The van der Waals surface area contributed by atoms with Gasteiger partial charge in [-0.25, -0.2) is 4.79 Å². The summed E-state index contributed by atoms with van der Waals surface area (Å²) in [5.41, 5.74) is 0.964. The van der Waals surface area contributed by atoms with E-state index in [4.69, 9.17) is 9.47 Å². The Morgan fingerprint density at radius 1 is 1.40 bits per heavy atom. The zero-order valence-electron chi connectivity index (χ0n) is 11.4. The highest BCUT2D eigenvalue weighted by atomic mass is 16.5. The average molecular weight is 276 g/mol. The number of hydrogen-bond donors (Lipinski definition) is 2. The Bertz CT molecular complexity index is 436. The summed E-state index contributed by atoms with van der Waals surface area (Å²) in [7, 11) is 0. The predicted molar refractivity (Wildman–Crippen MR) is 76.4 cm³/mol. The molecule has 1 saturated heterocycles. The second-order valence-electron chi connectivity index (χ2n) is 4.63. The van der Waals surface area contributed by atoms with Crippen molar-refractivity contribution < 1.29 is 14.3 Å². The van der Waals surface area contributed by atoms with Crippen LogP contribution in [0, 0.1) is 0 Å². The fourth-order valence-electron chi connectivity index (χ4n) is 2.08. The van der Waals surface area contributed by atoms with Crippen molar-refractivity contribution in [2.75, 3.05) is 19.7 Å². The molecule has 5 nitrogen and oxygen atoms in total. The van der Waals surface area contributed by atoms with Crippen molar-refractivity contribution in [2.24, 2.45) is 0 Å². The Morgan fingerprint density at radius 3 is 2.95 bits per heavy atom. The van der Waals surface area contributed by atoms with E-state index in [0.717, 1.165) is 12.1 Å². The molecule has 2 N–H and O–H groups in total. The quantitative estimate of drug-likeness (QED) is 0.772. The van der Waals surface area contributed by atoms with Gasteiger partial charge in [0.25, 0.3) is 0 Å². The molecule has 0 aromatic heterocycles. The smallest absolute Gasteiger partial charge is 0.407 e. The Labute approximate surface area is 119 Å². The van der Waals surface area contributed by atoms with Gasteiger partial charge < -0.3 is 20.1 Å². The summed E-state index contributed by atoms with van der Waals surface area (Å²) in [6, 6.07) is 9.52. The SMILES string of the molecule is C=CCO[C@@H]1CNC[C@H]1NC(=O)OCc1ccccc1. The van der Waals surface area contributed by atoms with Gasteiger partial charge in [0.2, 0.25) is 0 Å². The number of ether oxygens (including phenoxy) is 2. The van der Waals surface area contributed by atoms with Crippen LogP contribution in [0.3, 0.4) is 0 Å². The van der Waals surface area contributed by atoms with Crippen LogP contribution in [0.1, 0.15) is 5.56 Å². The molecule has 20 heavy (non-hydrogen) atoms. The number of nitrogens with one attached hydrogen (secondary N) is 2. The van der Waals surface area contributed by atoms with Gasteiger partial charge in [-0.1, -0.05) is 36.4 Å².